The van der Waals surface area contributed by atoms with E-state index in [-0.39, 0.29) is 5.91 Å². The van der Waals surface area contributed by atoms with Crippen LogP contribution in [0.25, 0.3) is 16.9 Å². The van der Waals surface area contributed by atoms with Gasteiger partial charge in [-0.25, -0.2) is 18.4 Å². The van der Waals surface area contributed by atoms with Crippen LogP contribution in [-0.2, 0) is 25.8 Å². The van der Waals surface area contributed by atoms with Crippen LogP contribution in [-0.4, -0.2) is 25.2 Å². The normalized spacial score (nSPS) is 14.6. The first-order chi connectivity index (χ1) is 16.6. The zero-order valence-corrected chi connectivity index (χ0v) is 18.5. The molecule has 0 atom stereocenters. The molecule has 4 aromatic rings. The molecule has 0 fully saturated rings. The molecular weight excluding hydrogens is 436 g/mol. The summed E-state index contributed by atoms with van der Waals surface area (Å²) in [6, 6.07) is 11.3. The third-order valence-electron chi connectivity index (χ3n) is 6.64. The van der Waals surface area contributed by atoms with E-state index in [0.29, 0.717) is 17.1 Å². The Hall–Kier alpha value is -3.81. The van der Waals surface area contributed by atoms with Crippen molar-refractivity contribution in [2.75, 3.05) is 5.32 Å². The Kier molecular flexibility index (Phi) is 5.01. The number of rotatable bonds is 4. The van der Waals surface area contributed by atoms with Crippen LogP contribution < -0.4 is 5.32 Å². The molecule has 0 unspecified atom stereocenters. The Balaban J connectivity index is 1.24. The molecule has 0 spiro atoms. The van der Waals surface area contributed by atoms with E-state index >= 15 is 0 Å². The van der Waals surface area contributed by atoms with Crippen LogP contribution in [0.15, 0.2) is 48.7 Å². The third kappa shape index (κ3) is 3.59. The highest BCUT2D eigenvalue weighted by Gasteiger charge is 2.27. The number of anilines is 1. The molecule has 8 heteroatoms. The van der Waals surface area contributed by atoms with Gasteiger partial charge < -0.3 is 9.88 Å². The van der Waals surface area contributed by atoms with Gasteiger partial charge in [-0.3, -0.25) is 4.79 Å². The van der Waals surface area contributed by atoms with Crippen molar-refractivity contribution in [3.05, 3.63) is 83.1 Å². The highest BCUT2D eigenvalue weighted by Crippen LogP contribution is 2.29. The number of nitrogens with one attached hydrogen (secondary N) is 1. The lowest BCUT2D eigenvalue weighted by atomic mass is 10.1. The van der Waals surface area contributed by atoms with Gasteiger partial charge in [0, 0.05) is 47.7 Å². The van der Waals surface area contributed by atoms with Crippen molar-refractivity contribution in [1.82, 2.24) is 19.3 Å². The zero-order chi connectivity index (χ0) is 23.2. The lowest BCUT2D eigenvalue weighted by Crippen LogP contribution is -2.15. The van der Waals surface area contributed by atoms with Gasteiger partial charge in [0.15, 0.2) is 17.3 Å². The maximum absolute atomic E-state index is 13.8. The molecule has 0 saturated heterocycles. The Bertz CT molecular complexity index is 1380. The quantitative estimate of drug-likeness (QED) is 0.462. The van der Waals surface area contributed by atoms with Gasteiger partial charge in [0.05, 0.1) is 11.4 Å². The van der Waals surface area contributed by atoms with Gasteiger partial charge in [0.2, 0.25) is 0 Å². The van der Waals surface area contributed by atoms with Crippen molar-refractivity contribution in [3.63, 3.8) is 0 Å². The minimum absolute atomic E-state index is 0.315. The summed E-state index contributed by atoms with van der Waals surface area (Å²) in [4.78, 5) is 17.8. The molecule has 6 nitrogen and oxygen atoms in total. The molecular formula is C26H23F2N5O. The first-order valence-electron chi connectivity index (χ1n) is 11.6. The smallest absolute Gasteiger partial charge is 0.276 e. The molecule has 0 saturated carbocycles. The monoisotopic (exact) mass is 459 g/mol. The van der Waals surface area contributed by atoms with Gasteiger partial charge in [0.25, 0.3) is 5.91 Å². The zero-order valence-electron chi connectivity index (χ0n) is 18.5. The van der Waals surface area contributed by atoms with E-state index in [2.05, 4.69) is 21.2 Å². The minimum Gasteiger partial charge on any atom is -0.334 e. The highest BCUT2D eigenvalue weighted by atomic mass is 19.2. The number of benzene rings is 2. The van der Waals surface area contributed by atoms with E-state index in [1.54, 1.807) is 4.68 Å². The number of nitrogens with zero attached hydrogens (tertiary/aromatic N) is 4. The number of carbonyl (C=O) groups excluding carboxylic acids is 1. The SMILES string of the molecule is O=C(Nc1ccc(-c2cn3c(n2)CCCC3)cc1)c1nn(-c2ccc(F)c(F)c2)c2c1CCC2. The Morgan fingerprint density at radius 1 is 0.941 bits per heavy atom. The summed E-state index contributed by atoms with van der Waals surface area (Å²) in [5.41, 5.74) is 5.07. The summed E-state index contributed by atoms with van der Waals surface area (Å²) in [5.74, 6) is -1.04. The number of halogens is 2. The number of carbonyl (C=O) groups is 1. The van der Waals surface area contributed by atoms with Crippen LogP contribution >= 0.6 is 0 Å². The van der Waals surface area contributed by atoms with E-state index in [1.165, 1.54) is 18.9 Å². The molecule has 0 bridgehead atoms. The van der Waals surface area contributed by atoms with Crippen LogP contribution in [0.4, 0.5) is 14.5 Å². The van der Waals surface area contributed by atoms with Gasteiger partial charge in [-0.1, -0.05) is 12.1 Å². The van der Waals surface area contributed by atoms with Crippen molar-refractivity contribution >= 4 is 11.6 Å². The molecule has 172 valence electrons. The molecule has 0 radical (unpaired) electrons. The van der Waals surface area contributed by atoms with Crippen molar-refractivity contribution in [1.29, 1.82) is 0 Å². The predicted octanol–water partition coefficient (Wildman–Crippen LogP) is 5.09. The molecule has 6 rings (SSSR count). The van der Waals surface area contributed by atoms with Crippen molar-refractivity contribution in [3.8, 4) is 16.9 Å². The second kappa shape index (κ2) is 8.20. The van der Waals surface area contributed by atoms with Crippen LogP contribution in [0.2, 0.25) is 0 Å². The Morgan fingerprint density at radius 2 is 1.79 bits per heavy atom. The van der Waals surface area contributed by atoms with Crippen molar-refractivity contribution in [2.45, 2.75) is 45.1 Å². The van der Waals surface area contributed by atoms with Gasteiger partial charge in [-0.05, 0) is 56.4 Å². The van der Waals surface area contributed by atoms with Crippen LogP contribution in [0.1, 0.15) is 46.8 Å². The third-order valence-corrected chi connectivity index (χ3v) is 6.64. The molecule has 1 aliphatic heterocycles. The average Bonchev–Trinajstić information content (AvgIpc) is 3.56. The van der Waals surface area contributed by atoms with Crippen molar-refractivity contribution in [2.24, 2.45) is 0 Å². The summed E-state index contributed by atoms with van der Waals surface area (Å²) < 4.78 is 31.0. The lowest BCUT2D eigenvalue weighted by Gasteiger charge is -2.11. The fourth-order valence-electron chi connectivity index (χ4n) is 4.92. The summed E-state index contributed by atoms with van der Waals surface area (Å²) in [5, 5.41) is 7.40. The number of hydrogen-bond donors (Lipinski definition) is 1. The first kappa shape index (κ1) is 20.8. The predicted molar refractivity (Wildman–Crippen MR) is 124 cm³/mol. The maximum Gasteiger partial charge on any atom is 0.276 e. The Morgan fingerprint density at radius 3 is 2.59 bits per heavy atom. The van der Waals surface area contributed by atoms with Gasteiger partial charge in [0.1, 0.15) is 5.82 Å². The Labute approximate surface area is 195 Å². The van der Waals surface area contributed by atoms with E-state index in [1.807, 2.05) is 24.3 Å². The van der Waals surface area contributed by atoms with Gasteiger partial charge in [-0.15, -0.1) is 0 Å². The molecule has 2 aromatic carbocycles. The number of amides is 1. The average molecular weight is 460 g/mol. The van der Waals surface area contributed by atoms with Crippen LogP contribution in [0, 0.1) is 11.6 Å². The molecule has 1 N–H and O–H groups in total. The van der Waals surface area contributed by atoms with E-state index in [4.69, 9.17) is 4.98 Å². The fourth-order valence-corrected chi connectivity index (χ4v) is 4.92. The van der Waals surface area contributed by atoms with Gasteiger partial charge in [-0.2, -0.15) is 5.10 Å². The van der Waals surface area contributed by atoms with Gasteiger partial charge >= 0.3 is 0 Å². The number of hydrogen-bond acceptors (Lipinski definition) is 3. The fraction of sp³-hybridized carbons (Fsp3) is 0.269. The van der Waals surface area contributed by atoms with E-state index < -0.39 is 11.6 Å². The number of aryl methyl sites for hydroxylation is 2. The highest BCUT2D eigenvalue weighted by molar-refractivity contribution is 6.04. The molecule has 2 aromatic heterocycles. The van der Waals surface area contributed by atoms with Crippen LogP contribution in [0.5, 0.6) is 0 Å². The van der Waals surface area contributed by atoms with E-state index in [9.17, 15) is 13.6 Å². The number of imidazole rings is 1. The standard InChI is InChI=1S/C26H23F2N5O/c27-20-12-11-18(14-21(20)28)33-23-5-3-4-19(23)25(31-33)26(34)29-17-9-7-16(8-10-17)22-15-32-13-2-1-6-24(32)30-22/h7-12,14-15H,1-6,13H2,(H,29,34). The lowest BCUT2D eigenvalue weighted by molar-refractivity contribution is 0.102. The first-order valence-corrected chi connectivity index (χ1v) is 11.6. The summed E-state index contributed by atoms with van der Waals surface area (Å²) in [7, 11) is 0. The second-order valence-corrected chi connectivity index (χ2v) is 8.86. The topological polar surface area (TPSA) is 64.7 Å². The maximum atomic E-state index is 13.8. The largest absolute Gasteiger partial charge is 0.334 e. The number of aromatic nitrogens is 4. The molecule has 34 heavy (non-hydrogen) atoms. The molecule has 2 aliphatic rings. The molecule has 3 heterocycles. The molecule has 1 aliphatic carbocycles. The van der Waals surface area contributed by atoms with Crippen LogP contribution in [0.3, 0.4) is 0 Å². The van der Waals surface area contributed by atoms with E-state index in [0.717, 1.165) is 72.7 Å². The number of fused-ring (bicyclic) bond motifs is 2. The summed E-state index contributed by atoms with van der Waals surface area (Å²) >= 11 is 0. The second-order valence-electron chi connectivity index (χ2n) is 8.86. The summed E-state index contributed by atoms with van der Waals surface area (Å²) in [6.45, 7) is 1.01. The van der Waals surface area contributed by atoms with Crippen molar-refractivity contribution < 1.29 is 13.6 Å². The molecule has 1 amide bonds. The minimum atomic E-state index is -0.940. The summed E-state index contributed by atoms with van der Waals surface area (Å²) in [6.07, 6.45) is 7.82.